The molecule has 2 aliphatic rings. The Morgan fingerprint density at radius 3 is 2.71 bits per heavy atom. The summed E-state index contributed by atoms with van der Waals surface area (Å²) in [5.41, 5.74) is 2.53. The second-order valence-corrected chi connectivity index (χ2v) is 10.5. The van der Waals surface area contributed by atoms with E-state index in [9.17, 15) is 18.0 Å². The number of aromatic nitrogens is 1. The molecule has 1 N–H and O–H groups in total. The molecule has 31 heavy (non-hydrogen) atoms. The zero-order chi connectivity index (χ0) is 22.0. The summed E-state index contributed by atoms with van der Waals surface area (Å²) < 4.78 is 32.5. The number of piperidine rings is 1. The highest BCUT2D eigenvalue weighted by Crippen LogP contribution is 2.29. The minimum atomic E-state index is -3.56. The molecule has 0 unspecified atom stereocenters. The lowest BCUT2D eigenvalue weighted by Gasteiger charge is -2.30. The first-order chi connectivity index (χ1) is 14.9. The van der Waals surface area contributed by atoms with Gasteiger partial charge in [-0.25, -0.2) is 18.2 Å². The Labute approximate surface area is 185 Å². The lowest BCUT2D eigenvalue weighted by Crippen LogP contribution is -2.41. The Bertz CT molecular complexity index is 1090. The van der Waals surface area contributed by atoms with Gasteiger partial charge in [0, 0.05) is 24.4 Å². The summed E-state index contributed by atoms with van der Waals surface area (Å²) >= 11 is 1.16. The third kappa shape index (κ3) is 4.65. The molecule has 1 saturated heterocycles. The fourth-order valence-corrected chi connectivity index (χ4v) is 6.26. The molecule has 166 valence electrons. The van der Waals surface area contributed by atoms with E-state index >= 15 is 0 Å². The van der Waals surface area contributed by atoms with Gasteiger partial charge in [-0.3, -0.25) is 4.79 Å². The number of benzene rings is 1. The molecule has 10 heteroatoms. The number of hydrogen-bond donors (Lipinski definition) is 1. The van der Waals surface area contributed by atoms with E-state index in [0.717, 1.165) is 36.2 Å². The molecular weight excluding hydrogens is 438 g/mol. The van der Waals surface area contributed by atoms with Crippen molar-refractivity contribution in [3.63, 3.8) is 0 Å². The number of thiazole rings is 1. The average molecular weight is 464 g/mol. The highest BCUT2D eigenvalue weighted by molar-refractivity contribution is 7.89. The molecular formula is C21H25N3O5S2. The Balaban J connectivity index is 1.35. The maximum atomic E-state index is 13.0. The summed E-state index contributed by atoms with van der Waals surface area (Å²) in [5, 5.41) is 4.61. The van der Waals surface area contributed by atoms with Gasteiger partial charge in [-0.2, -0.15) is 4.31 Å². The Hall–Kier alpha value is -2.30. The first-order valence-electron chi connectivity index (χ1n) is 10.4. The van der Waals surface area contributed by atoms with Crippen molar-refractivity contribution in [1.82, 2.24) is 9.29 Å². The third-order valence-corrected chi connectivity index (χ3v) is 8.40. The second kappa shape index (κ2) is 9.05. The summed E-state index contributed by atoms with van der Waals surface area (Å²) in [6.07, 6.45) is 3.88. The van der Waals surface area contributed by atoms with Gasteiger partial charge in [0.15, 0.2) is 10.8 Å². The van der Waals surface area contributed by atoms with Crippen molar-refractivity contribution in [2.75, 3.05) is 25.0 Å². The molecule has 0 radical (unpaired) electrons. The molecule has 1 aromatic carbocycles. The Morgan fingerprint density at radius 2 is 1.97 bits per heavy atom. The molecule has 2 aromatic rings. The largest absolute Gasteiger partial charge is 0.461 e. The molecule has 2 heterocycles. The van der Waals surface area contributed by atoms with E-state index in [1.165, 1.54) is 9.87 Å². The quantitative estimate of drug-likeness (QED) is 0.661. The number of hydrogen-bond acceptors (Lipinski definition) is 7. The predicted octanol–water partition coefficient (Wildman–Crippen LogP) is 2.85. The smallest absolute Gasteiger partial charge is 0.357 e. The summed E-state index contributed by atoms with van der Waals surface area (Å²) in [6.45, 7) is 2.56. The van der Waals surface area contributed by atoms with Crippen LogP contribution in [0.1, 0.15) is 47.8 Å². The zero-order valence-electron chi connectivity index (χ0n) is 17.3. The van der Waals surface area contributed by atoms with Crippen molar-refractivity contribution in [2.45, 2.75) is 43.9 Å². The summed E-state index contributed by atoms with van der Waals surface area (Å²) in [6, 6.07) is 5.43. The van der Waals surface area contributed by atoms with Crippen molar-refractivity contribution >= 4 is 38.4 Å². The van der Waals surface area contributed by atoms with E-state index in [0.29, 0.717) is 36.0 Å². The Kier molecular flexibility index (Phi) is 6.40. The summed E-state index contributed by atoms with van der Waals surface area (Å²) in [5.74, 6) is -1.04. The van der Waals surface area contributed by atoms with E-state index in [1.807, 2.05) is 6.07 Å². The molecule has 1 fully saturated rings. The number of amides is 1. The van der Waals surface area contributed by atoms with E-state index in [4.69, 9.17) is 4.74 Å². The maximum Gasteiger partial charge on any atom is 0.357 e. The van der Waals surface area contributed by atoms with Crippen LogP contribution in [0, 0.1) is 5.92 Å². The predicted molar refractivity (Wildman–Crippen MR) is 117 cm³/mol. The van der Waals surface area contributed by atoms with Gasteiger partial charge in [0.1, 0.15) is 0 Å². The van der Waals surface area contributed by atoms with Crippen LogP contribution in [0.3, 0.4) is 0 Å². The minimum absolute atomic E-state index is 0.164. The number of nitrogens with one attached hydrogen (secondary N) is 1. The number of fused-ring (bicyclic) bond motifs is 1. The SMILES string of the molecule is CCOC(=O)c1csc(NC(=O)C2CCN(S(=O)(=O)c3ccc4c(c3)CCC4)CC2)n1. The normalized spacial score (nSPS) is 17.3. The van der Waals surface area contributed by atoms with Crippen molar-refractivity contribution in [1.29, 1.82) is 0 Å². The average Bonchev–Trinajstić information content (AvgIpc) is 3.43. The van der Waals surface area contributed by atoms with E-state index in [2.05, 4.69) is 10.3 Å². The van der Waals surface area contributed by atoms with Gasteiger partial charge in [-0.1, -0.05) is 6.07 Å². The van der Waals surface area contributed by atoms with Crippen molar-refractivity contribution in [3.05, 3.63) is 40.4 Å². The standard InChI is InChI=1S/C21H25N3O5S2/c1-2-29-20(26)18-13-30-21(22-18)23-19(25)15-8-10-24(11-9-15)31(27,28)17-7-6-14-4-3-5-16(14)12-17/h6-7,12-13,15H,2-5,8-11H2,1H3,(H,22,23,25). The summed E-state index contributed by atoms with van der Waals surface area (Å²) in [7, 11) is -3.56. The molecule has 8 nitrogen and oxygen atoms in total. The summed E-state index contributed by atoms with van der Waals surface area (Å²) in [4.78, 5) is 28.7. The first kappa shape index (κ1) is 21.9. The van der Waals surface area contributed by atoms with E-state index in [1.54, 1.807) is 24.4 Å². The van der Waals surface area contributed by atoms with Crippen LogP contribution in [0.4, 0.5) is 5.13 Å². The topological polar surface area (TPSA) is 106 Å². The monoisotopic (exact) mass is 463 g/mol. The number of nitrogens with zero attached hydrogens (tertiary/aromatic N) is 2. The van der Waals surface area contributed by atoms with Gasteiger partial charge in [-0.15, -0.1) is 11.3 Å². The fraction of sp³-hybridized carbons (Fsp3) is 0.476. The molecule has 1 aliphatic heterocycles. The number of aryl methyl sites for hydroxylation is 2. The van der Waals surface area contributed by atoms with Crippen LogP contribution in [0.2, 0.25) is 0 Å². The van der Waals surface area contributed by atoms with Crippen molar-refractivity contribution in [3.8, 4) is 0 Å². The van der Waals surface area contributed by atoms with E-state index < -0.39 is 16.0 Å². The van der Waals surface area contributed by atoms with Gasteiger partial charge >= 0.3 is 5.97 Å². The molecule has 0 spiro atoms. The first-order valence-corrected chi connectivity index (χ1v) is 12.8. The number of carbonyl (C=O) groups is 2. The number of carbonyl (C=O) groups excluding carboxylic acids is 2. The lowest BCUT2D eigenvalue weighted by atomic mass is 9.97. The van der Waals surface area contributed by atoms with Crippen LogP contribution in [0.15, 0.2) is 28.5 Å². The molecule has 1 aliphatic carbocycles. The number of esters is 1. The highest BCUT2D eigenvalue weighted by Gasteiger charge is 2.33. The molecule has 0 atom stereocenters. The number of sulfonamides is 1. The molecule has 4 rings (SSSR count). The fourth-order valence-electron chi connectivity index (χ4n) is 4.05. The van der Waals surface area contributed by atoms with Crippen LogP contribution >= 0.6 is 11.3 Å². The van der Waals surface area contributed by atoms with Crippen molar-refractivity contribution in [2.24, 2.45) is 5.92 Å². The minimum Gasteiger partial charge on any atom is -0.461 e. The van der Waals surface area contributed by atoms with Gasteiger partial charge in [0.25, 0.3) is 0 Å². The number of anilines is 1. The molecule has 1 amide bonds. The van der Waals surface area contributed by atoms with Crippen LogP contribution in [-0.4, -0.2) is 49.3 Å². The van der Waals surface area contributed by atoms with Gasteiger partial charge in [0.05, 0.1) is 11.5 Å². The molecule has 0 saturated carbocycles. The molecule has 1 aromatic heterocycles. The van der Waals surface area contributed by atoms with Crippen molar-refractivity contribution < 1.29 is 22.7 Å². The van der Waals surface area contributed by atoms with Crippen LogP contribution in [0.5, 0.6) is 0 Å². The van der Waals surface area contributed by atoms with Gasteiger partial charge in [-0.05, 0) is 62.3 Å². The number of rotatable bonds is 6. The molecule has 0 bridgehead atoms. The maximum absolute atomic E-state index is 13.0. The number of ether oxygens (including phenoxy) is 1. The van der Waals surface area contributed by atoms with E-state index in [-0.39, 0.29) is 24.1 Å². The van der Waals surface area contributed by atoms with Gasteiger partial charge in [0.2, 0.25) is 15.9 Å². The Morgan fingerprint density at radius 1 is 1.23 bits per heavy atom. The zero-order valence-corrected chi connectivity index (χ0v) is 18.9. The second-order valence-electron chi connectivity index (χ2n) is 7.71. The highest BCUT2D eigenvalue weighted by atomic mass is 32.2. The van der Waals surface area contributed by atoms with Crippen LogP contribution in [-0.2, 0) is 32.4 Å². The van der Waals surface area contributed by atoms with Crippen LogP contribution < -0.4 is 5.32 Å². The van der Waals surface area contributed by atoms with Crippen LogP contribution in [0.25, 0.3) is 0 Å². The van der Waals surface area contributed by atoms with Gasteiger partial charge < -0.3 is 10.1 Å². The lowest BCUT2D eigenvalue weighted by molar-refractivity contribution is -0.120. The third-order valence-electron chi connectivity index (χ3n) is 5.75.